The Morgan fingerprint density at radius 3 is 2.73 bits per heavy atom. The van der Waals surface area contributed by atoms with Crippen LogP contribution in [0.15, 0.2) is 61.1 Å². The predicted octanol–water partition coefficient (Wildman–Crippen LogP) is 3.69. The Labute approximate surface area is 157 Å². The molecule has 1 N–H and O–H groups in total. The lowest BCUT2D eigenvalue weighted by Gasteiger charge is -2.03. The summed E-state index contributed by atoms with van der Waals surface area (Å²) in [6, 6.07) is 12.5. The highest BCUT2D eigenvalue weighted by molar-refractivity contribution is 7.18. The average Bonchev–Trinajstić information content (AvgIpc) is 3.34. The Bertz CT molecular complexity index is 1050. The van der Waals surface area contributed by atoms with E-state index in [4.69, 9.17) is 11.6 Å². The molecule has 3 heterocycles. The molecule has 4 aromatic rings. The Hall–Kier alpha value is -3.10. The molecule has 128 valence electrons. The number of hydrogen-bond donors (Lipinski definition) is 1. The van der Waals surface area contributed by atoms with Crippen molar-refractivity contribution in [1.29, 1.82) is 0 Å². The number of aromatic nitrogens is 5. The minimum atomic E-state index is -0.314. The lowest BCUT2D eigenvalue weighted by Crippen LogP contribution is -2.12. The molecule has 3 aromatic heterocycles. The fourth-order valence-corrected chi connectivity index (χ4v) is 3.31. The van der Waals surface area contributed by atoms with E-state index in [-0.39, 0.29) is 5.91 Å². The molecule has 0 saturated heterocycles. The molecule has 0 spiro atoms. The molecular formula is C17H11ClN6OS. The highest BCUT2D eigenvalue weighted by Crippen LogP contribution is 2.31. The number of pyridine rings is 1. The number of nitrogens with zero attached hydrogens (tertiary/aromatic N) is 5. The van der Waals surface area contributed by atoms with Crippen molar-refractivity contribution in [3.63, 3.8) is 0 Å². The standard InChI is InChI=1S/C17H11ClN6OS/c18-13-5-2-1-4-12(13)16-22-23-17(26-16)21-15(25)11-6-7-14(19-10-11)24-9-3-8-20-24/h1-10H,(H,21,23,25). The van der Waals surface area contributed by atoms with Gasteiger partial charge in [0.15, 0.2) is 10.8 Å². The molecule has 4 rings (SSSR count). The summed E-state index contributed by atoms with van der Waals surface area (Å²) in [6.07, 6.45) is 4.93. The smallest absolute Gasteiger partial charge is 0.259 e. The topological polar surface area (TPSA) is 85.6 Å². The third-order valence-corrected chi connectivity index (χ3v) is 4.70. The van der Waals surface area contributed by atoms with Crippen molar-refractivity contribution in [3.8, 4) is 16.4 Å². The van der Waals surface area contributed by atoms with Crippen molar-refractivity contribution in [2.24, 2.45) is 0 Å². The fraction of sp³-hybridized carbons (Fsp3) is 0. The van der Waals surface area contributed by atoms with E-state index in [9.17, 15) is 4.79 Å². The molecule has 0 bridgehead atoms. The zero-order valence-corrected chi connectivity index (χ0v) is 14.8. The monoisotopic (exact) mass is 382 g/mol. The van der Waals surface area contributed by atoms with Crippen LogP contribution < -0.4 is 5.32 Å². The summed E-state index contributed by atoms with van der Waals surface area (Å²) >= 11 is 7.41. The molecule has 26 heavy (non-hydrogen) atoms. The van der Waals surface area contributed by atoms with Gasteiger partial charge in [0.05, 0.1) is 10.6 Å². The molecule has 7 nitrogen and oxygen atoms in total. The lowest BCUT2D eigenvalue weighted by molar-refractivity contribution is 0.102. The van der Waals surface area contributed by atoms with Crippen molar-refractivity contribution < 1.29 is 4.79 Å². The van der Waals surface area contributed by atoms with Gasteiger partial charge in [-0.25, -0.2) is 9.67 Å². The third-order valence-electron chi connectivity index (χ3n) is 3.50. The largest absolute Gasteiger partial charge is 0.296 e. The quantitative estimate of drug-likeness (QED) is 0.581. The number of rotatable bonds is 4. The van der Waals surface area contributed by atoms with Crippen molar-refractivity contribution in [2.75, 3.05) is 5.32 Å². The second-order valence-corrected chi connectivity index (χ2v) is 6.59. The lowest BCUT2D eigenvalue weighted by atomic mass is 10.2. The summed E-state index contributed by atoms with van der Waals surface area (Å²) in [4.78, 5) is 16.6. The van der Waals surface area contributed by atoms with E-state index in [2.05, 4.69) is 25.6 Å². The van der Waals surface area contributed by atoms with Crippen LogP contribution in [0.2, 0.25) is 5.02 Å². The molecule has 1 amide bonds. The van der Waals surface area contributed by atoms with Crippen molar-refractivity contribution in [1.82, 2.24) is 25.0 Å². The number of carbonyl (C=O) groups excluding carboxylic acids is 1. The van der Waals surface area contributed by atoms with Crippen molar-refractivity contribution in [3.05, 3.63) is 71.6 Å². The molecule has 0 radical (unpaired) electrons. The molecule has 0 saturated carbocycles. The average molecular weight is 383 g/mol. The van der Waals surface area contributed by atoms with Crippen LogP contribution in [0, 0.1) is 0 Å². The molecule has 0 aliphatic carbocycles. The SMILES string of the molecule is O=C(Nc1nnc(-c2ccccc2Cl)s1)c1ccc(-n2cccn2)nc1. The summed E-state index contributed by atoms with van der Waals surface area (Å²) in [7, 11) is 0. The number of benzene rings is 1. The highest BCUT2D eigenvalue weighted by Gasteiger charge is 2.13. The summed E-state index contributed by atoms with van der Waals surface area (Å²) < 4.78 is 1.61. The first kappa shape index (κ1) is 16.4. The van der Waals surface area contributed by atoms with Crippen molar-refractivity contribution in [2.45, 2.75) is 0 Å². The van der Waals surface area contributed by atoms with Gasteiger partial charge in [-0.15, -0.1) is 10.2 Å². The predicted molar refractivity (Wildman–Crippen MR) is 99.7 cm³/mol. The Balaban J connectivity index is 1.49. The zero-order valence-electron chi connectivity index (χ0n) is 13.2. The van der Waals surface area contributed by atoms with Gasteiger partial charge < -0.3 is 0 Å². The van der Waals surface area contributed by atoms with Gasteiger partial charge in [-0.05, 0) is 24.3 Å². The number of amides is 1. The molecule has 0 fully saturated rings. The number of anilines is 1. The van der Waals surface area contributed by atoms with Crippen LogP contribution in [0.5, 0.6) is 0 Å². The summed E-state index contributed by atoms with van der Waals surface area (Å²) in [5, 5.41) is 16.5. The maximum atomic E-state index is 12.4. The molecule has 1 aromatic carbocycles. The minimum Gasteiger partial charge on any atom is -0.296 e. The van der Waals surface area contributed by atoms with E-state index < -0.39 is 0 Å². The maximum Gasteiger partial charge on any atom is 0.259 e. The first-order valence-corrected chi connectivity index (χ1v) is 8.76. The van der Waals surface area contributed by atoms with Crippen LogP contribution in [-0.4, -0.2) is 30.9 Å². The van der Waals surface area contributed by atoms with Crippen molar-refractivity contribution >= 4 is 34.0 Å². The Morgan fingerprint density at radius 2 is 2.00 bits per heavy atom. The number of hydrogen-bond acceptors (Lipinski definition) is 6. The van der Waals surface area contributed by atoms with Crippen LogP contribution in [-0.2, 0) is 0 Å². The van der Waals surface area contributed by atoms with Crippen LogP contribution in [0.3, 0.4) is 0 Å². The summed E-state index contributed by atoms with van der Waals surface area (Å²) in [6.45, 7) is 0. The first-order valence-electron chi connectivity index (χ1n) is 7.56. The van der Waals surface area contributed by atoms with Gasteiger partial charge in [-0.2, -0.15) is 5.10 Å². The summed E-state index contributed by atoms with van der Waals surface area (Å²) in [5.41, 5.74) is 1.19. The van der Waals surface area contributed by atoms with E-state index in [1.165, 1.54) is 17.5 Å². The van der Waals surface area contributed by atoms with E-state index in [1.54, 1.807) is 41.3 Å². The molecule has 0 aliphatic heterocycles. The summed E-state index contributed by atoms with van der Waals surface area (Å²) in [5.74, 6) is 0.315. The zero-order chi connectivity index (χ0) is 17.9. The molecular weight excluding hydrogens is 372 g/mol. The first-order chi connectivity index (χ1) is 12.7. The van der Waals surface area contributed by atoms with Gasteiger partial charge in [0.25, 0.3) is 5.91 Å². The number of carbonyl (C=O) groups is 1. The van der Waals surface area contributed by atoms with E-state index >= 15 is 0 Å². The van der Waals surface area contributed by atoms with Crippen LogP contribution in [0.25, 0.3) is 16.4 Å². The number of nitrogens with one attached hydrogen (secondary N) is 1. The highest BCUT2D eigenvalue weighted by atomic mass is 35.5. The fourth-order valence-electron chi connectivity index (χ4n) is 2.25. The minimum absolute atomic E-state index is 0.314. The van der Waals surface area contributed by atoms with Gasteiger partial charge in [0, 0.05) is 24.2 Å². The van der Waals surface area contributed by atoms with E-state index in [0.717, 1.165) is 5.56 Å². The van der Waals surface area contributed by atoms with Gasteiger partial charge in [-0.1, -0.05) is 41.1 Å². The maximum absolute atomic E-state index is 12.4. The third kappa shape index (κ3) is 3.32. The Morgan fingerprint density at radius 1 is 1.12 bits per heavy atom. The second-order valence-electron chi connectivity index (χ2n) is 5.20. The Kier molecular flexibility index (Phi) is 4.42. The van der Waals surface area contributed by atoms with Gasteiger partial charge in [0.2, 0.25) is 5.13 Å². The van der Waals surface area contributed by atoms with E-state index in [1.807, 2.05) is 18.2 Å². The molecule has 0 unspecified atom stereocenters. The normalized spacial score (nSPS) is 10.7. The van der Waals surface area contributed by atoms with Gasteiger partial charge in [0.1, 0.15) is 0 Å². The molecule has 0 atom stereocenters. The van der Waals surface area contributed by atoms with Crippen LogP contribution in [0.4, 0.5) is 5.13 Å². The molecule has 0 aliphatic rings. The van der Waals surface area contributed by atoms with Gasteiger partial charge in [-0.3, -0.25) is 10.1 Å². The van der Waals surface area contributed by atoms with E-state index in [0.29, 0.717) is 26.5 Å². The second kappa shape index (κ2) is 7.03. The van der Waals surface area contributed by atoms with Crippen LogP contribution >= 0.6 is 22.9 Å². The molecule has 9 heteroatoms. The van der Waals surface area contributed by atoms with Crippen LogP contribution in [0.1, 0.15) is 10.4 Å². The van der Waals surface area contributed by atoms with Gasteiger partial charge >= 0.3 is 0 Å². The number of halogens is 1.